The van der Waals surface area contributed by atoms with Gasteiger partial charge < -0.3 is 69.1 Å². The number of piperidine rings is 1. The van der Waals surface area contributed by atoms with E-state index >= 15 is 0 Å². The molecule has 0 spiro atoms. The number of aliphatic hydroxyl groups is 4. The molecular weight excluding hydrogens is 819 g/mol. The molecule has 6 N–H and O–H groups in total. The number of likely N-dealkylation sites (N-methyl/N-ethyl adjacent to an activating group) is 1. The molecule has 0 saturated carbocycles. The molecule has 17 heteroatoms. The van der Waals surface area contributed by atoms with Gasteiger partial charge in [0.15, 0.2) is 12.6 Å². The Bertz CT molecular complexity index is 1490. The van der Waals surface area contributed by atoms with Gasteiger partial charge in [0.25, 0.3) is 0 Å². The van der Waals surface area contributed by atoms with Crippen molar-refractivity contribution in [1.82, 2.24) is 15.5 Å². The van der Waals surface area contributed by atoms with Gasteiger partial charge in [0.1, 0.15) is 29.7 Å². The summed E-state index contributed by atoms with van der Waals surface area (Å²) in [6.07, 6.45) is -5.80. The highest BCUT2D eigenvalue weighted by Crippen LogP contribution is 2.42. The Hall–Kier alpha value is -1.87. The molecule has 0 aliphatic carbocycles. The number of cyclic esters (lactones) is 1. The molecule has 4 saturated heterocycles. The summed E-state index contributed by atoms with van der Waals surface area (Å²) < 4.78 is 44.5. The second-order valence-electron chi connectivity index (χ2n) is 19.8. The van der Waals surface area contributed by atoms with E-state index in [1.54, 1.807) is 48.5 Å². The number of methoxy groups -OCH3 is 2. The molecule has 4 aliphatic heterocycles. The van der Waals surface area contributed by atoms with Crippen molar-refractivity contribution < 1.29 is 68.0 Å². The number of ketones is 1. The number of hydrogen-bond acceptors (Lipinski definition) is 16. The summed E-state index contributed by atoms with van der Waals surface area (Å²) in [5, 5.41) is 52.8. The SMILES string of the molecule is CC[C@H]1OC(=O)[C@H](C)[C@@H](O[C@H]2C[C@@](C)(OC)[C@@H](O)[C@H](C)O2)[C@H](C)[C@@H](O[C@H]2O[C@H](C)C[C@H](N(C)CCCNC(=O)[C@@H]3CCCCN3)[C@H]2O)[C@](C)(OC)C[C@@H](C)C(=O)[C@H](C)[C@@H](O)[C@]1(C)O. The van der Waals surface area contributed by atoms with Gasteiger partial charge in [-0.05, 0) is 100 Å². The van der Waals surface area contributed by atoms with E-state index in [0.717, 1.165) is 25.8 Å². The third kappa shape index (κ3) is 12.6. The van der Waals surface area contributed by atoms with E-state index < -0.39 is 108 Å². The molecule has 4 fully saturated rings. The fourth-order valence-electron chi connectivity index (χ4n) is 10.4. The molecule has 63 heavy (non-hydrogen) atoms. The first-order chi connectivity index (χ1) is 29.5. The van der Waals surface area contributed by atoms with Crippen molar-refractivity contribution in [1.29, 1.82) is 0 Å². The largest absolute Gasteiger partial charge is 0.459 e. The Balaban J connectivity index is 1.71. The number of carbonyl (C=O) groups excluding carboxylic acids is 3. The summed E-state index contributed by atoms with van der Waals surface area (Å²) in [6.45, 7) is 18.9. The number of carbonyl (C=O) groups is 3. The Kier molecular flexibility index (Phi) is 19.4. The zero-order chi connectivity index (χ0) is 47.2. The number of amides is 1. The van der Waals surface area contributed by atoms with Gasteiger partial charge in [-0.1, -0.05) is 34.1 Å². The first kappa shape index (κ1) is 53.7. The van der Waals surface area contributed by atoms with Gasteiger partial charge >= 0.3 is 5.97 Å². The number of rotatable bonds is 13. The minimum absolute atomic E-state index is 0.00231. The predicted octanol–water partition coefficient (Wildman–Crippen LogP) is 2.46. The van der Waals surface area contributed by atoms with Crippen molar-refractivity contribution in [3.8, 4) is 0 Å². The topological polar surface area (TPSA) is 224 Å². The van der Waals surface area contributed by atoms with Crippen LogP contribution in [0.15, 0.2) is 0 Å². The summed E-state index contributed by atoms with van der Waals surface area (Å²) in [7, 11) is 4.93. The van der Waals surface area contributed by atoms with Crippen LogP contribution in [-0.2, 0) is 47.5 Å². The van der Waals surface area contributed by atoms with E-state index in [1.807, 2.05) is 20.9 Å². The molecule has 0 radical (unpaired) electrons. The normalized spacial score (nSPS) is 45.0. The number of hydrogen-bond donors (Lipinski definition) is 6. The number of aliphatic hydroxyl groups excluding tert-OH is 3. The second-order valence-corrected chi connectivity index (χ2v) is 19.8. The minimum atomic E-state index is -1.99. The van der Waals surface area contributed by atoms with Gasteiger partial charge in [-0.3, -0.25) is 14.4 Å². The standard InChI is InChI=1S/C46H83N3O14/c1-14-33-46(10,56)38(52)27(4)35(50)25(2)23-45(9,58-13)40(28(5)37(29(6)42(55)61-33)62-34-24-44(8,57-12)39(53)30(7)60-34)63-43-36(51)32(22-26(3)59-43)49(11)21-17-20-48-41(54)31-18-15-16-19-47-31/h25-34,36-40,43,47,51-53,56H,14-24H2,1-13H3,(H,48,54)/t25-,26-,27+,28+,29-,30+,31+,32+,33-,34+,36-,37+,38-,39+,40-,43-,44-,45-,46-/m1/s1. The Labute approximate surface area is 375 Å². The third-order valence-corrected chi connectivity index (χ3v) is 14.8. The van der Waals surface area contributed by atoms with Gasteiger partial charge in [0.05, 0.1) is 53.7 Å². The highest BCUT2D eigenvalue weighted by atomic mass is 16.7. The lowest BCUT2D eigenvalue weighted by Crippen LogP contribution is -2.61. The van der Waals surface area contributed by atoms with Crippen molar-refractivity contribution in [3.05, 3.63) is 0 Å². The smallest absolute Gasteiger partial charge is 0.311 e. The summed E-state index contributed by atoms with van der Waals surface area (Å²) in [6, 6.07) is -0.566. The molecular formula is C46H83N3O14. The molecule has 0 aromatic heterocycles. The van der Waals surface area contributed by atoms with Crippen molar-refractivity contribution in [2.24, 2.45) is 23.7 Å². The molecule has 17 nitrogen and oxygen atoms in total. The molecule has 4 aliphatic rings. The Morgan fingerprint density at radius 2 is 1.59 bits per heavy atom. The number of ether oxygens (including phenoxy) is 7. The van der Waals surface area contributed by atoms with Crippen LogP contribution in [-0.4, -0.2) is 174 Å². The molecule has 19 atom stereocenters. The molecule has 366 valence electrons. The van der Waals surface area contributed by atoms with Crippen LogP contribution in [0.1, 0.15) is 121 Å². The quantitative estimate of drug-likeness (QED) is 0.115. The summed E-state index contributed by atoms with van der Waals surface area (Å²) >= 11 is 0. The number of esters is 1. The van der Waals surface area contributed by atoms with Crippen LogP contribution >= 0.6 is 0 Å². The van der Waals surface area contributed by atoms with Crippen LogP contribution < -0.4 is 10.6 Å². The molecule has 0 bridgehead atoms. The maximum Gasteiger partial charge on any atom is 0.311 e. The van der Waals surface area contributed by atoms with Crippen molar-refractivity contribution in [2.75, 3.05) is 40.9 Å². The van der Waals surface area contributed by atoms with Crippen molar-refractivity contribution in [2.45, 2.75) is 211 Å². The number of nitrogens with zero attached hydrogens (tertiary/aromatic N) is 1. The summed E-state index contributed by atoms with van der Waals surface area (Å²) in [5.74, 6) is -4.66. The maximum absolute atomic E-state index is 14.4. The lowest BCUT2D eigenvalue weighted by Gasteiger charge is -2.50. The maximum atomic E-state index is 14.4. The first-order valence-electron chi connectivity index (χ1n) is 23.4. The molecule has 4 rings (SSSR count). The molecule has 1 amide bonds. The van der Waals surface area contributed by atoms with E-state index in [2.05, 4.69) is 15.5 Å². The van der Waals surface area contributed by atoms with Crippen LogP contribution in [0.2, 0.25) is 0 Å². The molecule has 0 unspecified atom stereocenters. The monoisotopic (exact) mass is 902 g/mol. The fraction of sp³-hybridized carbons (Fsp3) is 0.935. The van der Waals surface area contributed by atoms with Crippen LogP contribution in [0.5, 0.6) is 0 Å². The van der Waals surface area contributed by atoms with Gasteiger partial charge in [0.2, 0.25) is 5.91 Å². The Morgan fingerprint density at radius 1 is 0.921 bits per heavy atom. The first-order valence-corrected chi connectivity index (χ1v) is 23.4. The van der Waals surface area contributed by atoms with Gasteiger partial charge in [-0.15, -0.1) is 0 Å². The second kappa shape index (κ2) is 22.8. The third-order valence-electron chi connectivity index (χ3n) is 14.8. The zero-order valence-electron chi connectivity index (χ0n) is 40.3. The molecule has 4 heterocycles. The van der Waals surface area contributed by atoms with Crippen LogP contribution in [0.4, 0.5) is 0 Å². The van der Waals surface area contributed by atoms with Crippen LogP contribution in [0.3, 0.4) is 0 Å². The molecule has 0 aromatic rings. The predicted molar refractivity (Wildman–Crippen MR) is 233 cm³/mol. The van der Waals surface area contributed by atoms with E-state index in [9.17, 15) is 34.8 Å². The lowest BCUT2D eigenvalue weighted by molar-refractivity contribution is -0.319. The average Bonchev–Trinajstić information content (AvgIpc) is 3.26. The van der Waals surface area contributed by atoms with Gasteiger partial charge in [-0.2, -0.15) is 0 Å². The highest BCUT2D eigenvalue weighted by molar-refractivity contribution is 5.83. The fourth-order valence-corrected chi connectivity index (χ4v) is 10.4. The lowest BCUT2D eigenvalue weighted by atomic mass is 9.74. The highest BCUT2D eigenvalue weighted by Gasteiger charge is 2.54. The summed E-state index contributed by atoms with van der Waals surface area (Å²) in [4.78, 5) is 43.3. The van der Waals surface area contributed by atoms with E-state index in [-0.39, 0.29) is 43.1 Å². The van der Waals surface area contributed by atoms with Gasteiger partial charge in [-0.25, -0.2) is 0 Å². The zero-order valence-corrected chi connectivity index (χ0v) is 40.3. The van der Waals surface area contributed by atoms with Crippen molar-refractivity contribution >= 4 is 17.7 Å². The minimum Gasteiger partial charge on any atom is -0.459 e. The van der Waals surface area contributed by atoms with Crippen LogP contribution in [0.25, 0.3) is 0 Å². The van der Waals surface area contributed by atoms with Crippen molar-refractivity contribution in [3.63, 3.8) is 0 Å². The summed E-state index contributed by atoms with van der Waals surface area (Å²) in [5.41, 5.74) is -4.36. The number of nitrogens with one attached hydrogen (secondary N) is 2. The Morgan fingerprint density at radius 3 is 2.19 bits per heavy atom. The number of Topliss-reactive ketones (excluding diaryl/α,β-unsaturated/α-hetero) is 1. The average molecular weight is 902 g/mol. The van der Waals surface area contributed by atoms with E-state index in [1.165, 1.54) is 21.1 Å². The van der Waals surface area contributed by atoms with E-state index in [0.29, 0.717) is 25.9 Å². The van der Waals surface area contributed by atoms with Gasteiger partial charge in [0, 0.05) is 51.0 Å². The van der Waals surface area contributed by atoms with Crippen LogP contribution in [0, 0.1) is 23.7 Å². The molecule has 0 aromatic carbocycles. The van der Waals surface area contributed by atoms with E-state index in [4.69, 9.17) is 33.2 Å².